The zero-order valence-electron chi connectivity index (χ0n) is 20.5. The molecule has 1 aliphatic heterocycles. The van der Waals surface area contributed by atoms with Gasteiger partial charge in [0.25, 0.3) is 5.91 Å². The molecule has 37 heavy (non-hydrogen) atoms. The number of halogens is 6. The monoisotopic (exact) mass is 530 g/mol. The summed E-state index contributed by atoms with van der Waals surface area (Å²) < 4.78 is 83.1. The van der Waals surface area contributed by atoms with Crippen molar-refractivity contribution in [2.24, 2.45) is 0 Å². The van der Waals surface area contributed by atoms with Crippen molar-refractivity contribution in [3.05, 3.63) is 70.8 Å². The Bertz CT molecular complexity index is 1020. The maximum Gasteiger partial charge on any atom is 0.416 e. The highest BCUT2D eigenvalue weighted by molar-refractivity contribution is 6.11. The van der Waals surface area contributed by atoms with E-state index in [-0.39, 0.29) is 26.2 Å². The van der Waals surface area contributed by atoms with Gasteiger partial charge < -0.3 is 9.64 Å². The van der Waals surface area contributed by atoms with Gasteiger partial charge in [-0.25, -0.2) is 4.79 Å². The summed E-state index contributed by atoms with van der Waals surface area (Å²) in [5.74, 6) is -1.33. The number of carbonyl (C=O) groups excluding carboxylic acids is 2. The summed E-state index contributed by atoms with van der Waals surface area (Å²) in [6, 6.07) is 8.49. The summed E-state index contributed by atoms with van der Waals surface area (Å²) in [5.41, 5.74) is -2.54. The number of nitrogens with zero attached hydrogens (tertiary/aromatic N) is 2. The summed E-state index contributed by atoms with van der Waals surface area (Å²) in [6.07, 6.45) is -7.51. The summed E-state index contributed by atoms with van der Waals surface area (Å²) in [7, 11) is 0. The van der Waals surface area contributed by atoms with Crippen molar-refractivity contribution >= 4 is 11.9 Å². The highest BCUT2D eigenvalue weighted by atomic mass is 19.4. The predicted octanol–water partition coefficient (Wildman–Crippen LogP) is 5.67. The molecule has 2 atom stereocenters. The van der Waals surface area contributed by atoms with Crippen molar-refractivity contribution in [3.63, 3.8) is 0 Å². The van der Waals surface area contributed by atoms with Crippen LogP contribution in [0.2, 0.25) is 0 Å². The van der Waals surface area contributed by atoms with Crippen LogP contribution in [-0.2, 0) is 39.8 Å². The average molecular weight is 531 g/mol. The first kappa shape index (κ1) is 28.5. The lowest BCUT2D eigenvalue weighted by Gasteiger charge is -2.28. The van der Waals surface area contributed by atoms with Crippen LogP contribution < -0.4 is 0 Å². The molecule has 0 bridgehead atoms. The maximum atomic E-state index is 13.8. The number of amides is 1. The van der Waals surface area contributed by atoms with Gasteiger partial charge in [-0.3, -0.25) is 9.69 Å². The molecule has 0 N–H and O–H groups in total. The SMILES string of the molecule is CCCCN1CC1(C(=O)OCC)C(=O)N(Cc1ccc(C(F)(F)F)cc1)Cc1ccc(C(F)(F)F)cc1. The zero-order chi connectivity index (χ0) is 27.4. The summed E-state index contributed by atoms with van der Waals surface area (Å²) >= 11 is 0. The lowest BCUT2D eigenvalue weighted by atomic mass is 10.0. The van der Waals surface area contributed by atoms with Gasteiger partial charge in [0.05, 0.1) is 17.7 Å². The second kappa shape index (κ2) is 11.1. The Morgan fingerprint density at radius 3 is 1.70 bits per heavy atom. The van der Waals surface area contributed by atoms with Gasteiger partial charge in [-0.15, -0.1) is 0 Å². The minimum Gasteiger partial charge on any atom is -0.464 e. The maximum absolute atomic E-state index is 13.8. The molecule has 0 saturated carbocycles. The zero-order valence-corrected chi connectivity index (χ0v) is 20.5. The lowest BCUT2D eigenvalue weighted by molar-refractivity contribution is -0.155. The Labute approximate surface area is 211 Å². The number of rotatable bonds is 10. The van der Waals surface area contributed by atoms with Crippen molar-refractivity contribution in [3.8, 4) is 0 Å². The number of alkyl halides is 6. The Balaban J connectivity index is 1.93. The van der Waals surface area contributed by atoms with E-state index >= 15 is 0 Å². The first-order valence-corrected chi connectivity index (χ1v) is 11.9. The van der Waals surface area contributed by atoms with Crippen LogP contribution in [0, 0.1) is 0 Å². The molecule has 1 saturated heterocycles. The van der Waals surface area contributed by atoms with Crippen LogP contribution in [0.15, 0.2) is 48.5 Å². The standard InChI is InChI=1S/C26H28F6N2O3/c1-3-5-14-34-17-24(34,23(36)37-4-2)22(35)33(15-18-6-10-20(11-7-18)25(27,28)29)16-19-8-12-21(13-9-19)26(30,31)32/h6-13H,3-5,14-17H2,1-2H3. The molecule has 3 rings (SSSR count). The number of ether oxygens (including phenoxy) is 1. The number of carbonyl (C=O) groups is 2. The van der Waals surface area contributed by atoms with Crippen LogP contribution in [0.5, 0.6) is 0 Å². The van der Waals surface area contributed by atoms with Gasteiger partial charge >= 0.3 is 18.3 Å². The molecule has 2 aromatic rings. The molecule has 2 unspecified atom stereocenters. The minimum absolute atomic E-state index is 0.0489. The fourth-order valence-electron chi connectivity index (χ4n) is 4.09. The van der Waals surface area contributed by atoms with Crippen molar-refractivity contribution < 1.29 is 40.7 Å². The molecule has 0 aliphatic carbocycles. The van der Waals surface area contributed by atoms with Gasteiger partial charge in [0.2, 0.25) is 5.54 Å². The molecule has 1 fully saturated rings. The van der Waals surface area contributed by atoms with Crippen molar-refractivity contribution in [2.75, 3.05) is 19.7 Å². The quantitative estimate of drug-likeness (QED) is 0.172. The van der Waals surface area contributed by atoms with Gasteiger partial charge in [0.15, 0.2) is 0 Å². The molecule has 1 aliphatic rings. The first-order chi connectivity index (χ1) is 17.3. The fraction of sp³-hybridized carbons (Fsp3) is 0.462. The van der Waals surface area contributed by atoms with E-state index in [0.29, 0.717) is 17.7 Å². The van der Waals surface area contributed by atoms with Crippen LogP contribution >= 0.6 is 0 Å². The van der Waals surface area contributed by atoms with Crippen LogP contribution in [0.3, 0.4) is 0 Å². The predicted molar refractivity (Wildman–Crippen MR) is 123 cm³/mol. The van der Waals surface area contributed by atoms with Gasteiger partial charge in [-0.2, -0.15) is 26.3 Å². The molecule has 202 valence electrons. The topological polar surface area (TPSA) is 49.6 Å². The van der Waals surface area contributed by atoms with Crippen molar-refractivity contribution in [1.82, 2.24) is 9.80 Å². The van der Waals surface area contributed by atoms with E-state index in [1.54, 1.807) is 11.8 Å². The number of unbranched alkanes of at least 4 members (excludes halogenated alkanes) is 1. The third kappa shape index (κ3) is 6.63. The summed E-state index contributed by atoms with van der Waals surface area (Å²) in [4.78, 5) is 29.7. The molecule has 1 heterocycles. The Morgan fingerprint density at radius 1 is 0.865 bits per heavy atom. The van der Waals surface area contributed by atoms with E-state index in [1.807, 2.05) is 6.92 Å². The normalized spacial score (nSPS) is 19.4. The molecule has 0 aromatic heterocycles. The largest absolute Gasteiger partial charge is 0.464 e. The molecule has 11 heteroatoms. The minimum atomic E-state index is -4.53. The van der Waals surface area contributed by atoms with E-state index in [9.17, 15) is 35.9 Å². The molecule has 0 radical (unpaired) electrons. The summed E-state index contributed by atoms with van der Waals surface area (Å²) in [5, 5.41) is 0. The Hall–Kier alpha value is -3.08. The number of benzene rings is 2. The van der Waals surface area contributed by atoms with Crippen molar-refractivity contribution in [2.45, 2.75) is 57.7 Å². The van der Waals surface area contributed by atoms with Gasteiger partial charge in [-0.1, -0.05) is 37.6 Å². The van der Waals surface area contributed by atoms with Crippen LogP contribution in [-0.4, -0.2) is 46.9 Å². The highest BCUT2D eigenvalue weighted by Gasteiger charge is 2.66. The third-order valence-electron chi connectivity index (χ3n) is 6.20. The summed E-state index contributed by atoms with van der Waals surface area (Å²) in [6.45, 7) is 3.90. The number of hydrogen-bond acceptors (Lipinski definition) is 4. The smallest absolute Gasteiger partial charge is 0.416 e. The molecule has 0 spiro atoms. The molecule has 2 aromatic carbocycles. The second-order valence-electron chi connectivity index (χ2n) is 8.91. The average Bonchev–Trinajstić information content (AvgIpc) is 3.57. The first-order valence-electron chi connectivity index (χ1n) is 11.9. The number of hydrogen-bond donors (Lipinski definition) is 0. The van der Waals surface area contributed by atoms with Gasteiger partial charge in [0.1, 0.15) is 0 Å². The van der Waals surface area contributed by atoms with Crippen LogP contribution in [0.4, 0.5) is 26.3 Å². The highest BCUT2D eigenvalue weighted by Crippen LogP contribution is 2.38. The molecular weight excluding hydrogens is 502 g/mol. The van der Waals surface area contributed by atoms with Gasteiger partial charge in [-0.05, 0) is 55.3 Å². The van der Waals surface area contributed by atoms with E-state index in [1.165, 1.54) is 29.2 Å². The number of esters is 1. The van der Waals surface area contributed by atoms with Gasteiger partial charge in [0, 0.05) is 19.6 Å². The lowest BCUT2D eigenvalue weighted by Crippen LogP contribution is -2.49. The molecule has 1 amide bonds. The van der Waals surface area contributed by atoms with Crippen molar-refractivity contribution in [1.29, 1.82) is 0 Å². The Morgan fingerprint density at radius 2 is 1.32 bits per heavy atom. The third-order valence-corrected chi connectivity index (χ3v) is 6.20. The molecular formula is C26H28F6N2O3. The van der Waals surface area contributed by atoms with Crippen LogP contribution in [0.1, 0.15) is 48.9 Å². The molecule has 5 nitrogen and oxygen atoms in total. The fourth-order valence-corrected chi connectivity index (χ4v) is 4.09. The van der Waals surface area contributed by atoms with E-state index in [2.05, 4.69) is 0 Å². The van der Waals surface area contributed by atoms with Crippen LogP contribution in [0.25, 0.3) is 0 Å². The van der Waals surface area contributed by atoms with E-state index < -0.39 is 40.9 Å². The second-order valence-corrected chi connectivity index (χ2v) is 8.91. The Kier molecular flexibility index (Phi) is 8.56. The van der Waals surface area contributed by atoms with E-state index in [0.717, 1.165) is 37.1 Å². The van der Waals surface area contributed by atoms with E-state index in [4.69, 9.17) is 4.74 Å².